The van der Waals surface area contributed by atoms with E-state index in [-0.39, 0.29) is 24.5 Å². The van der Waals surface area contributed by atoms with Gasteiger partial charge in [0.05, 0.1) is 5.56 Å². The summed E-state index contributed by atoms with van der Waals surface area (Å²) in [5, 5.41) is 12.3. The van der Waals surface area contributed by atoms with Crippen molar-refractivity contribution >= 4 is 5.91 Å². The van der Waals surface area contributed by atoms with Gasteiger partial charge in [0.25, 0.3) is 5.91 Å². The summed E-state index contributed by atoms with van der Waals surface area (Å²) in [6.07, 6.45) is 6.34. The summed E-state index contributed by atoms with van der Waals surface area (Å²) >= 11 is 0. The maximum absolute atomic E-state index is 12.7. The predicted molar refractivity (Wildman–Crippen MR) is 69.1 cm³/mol. The molecule has 1 fully saturated rings. The first-order chi connectivity index (χ1) is 9.20. The zero-order valence-electron chi connectivity index (χ0n) is 10.8. The predicted octanol–water partition coefficient (Wildman–Crippen LogP) is 1.89. The van der Waals surface area contributed by atoms with Crippen LogP contribution in [0.2, 0.25) is 0 Å². The van der Waals surface area contributed by atoms with E-state index in [4.69, 9.17) is 0 Å². The second-order valence-electron chi connectivity index (χ2n) is 5.03. The molecule has 1 aromatic rings. The maximum atomic E-state index is 12.7. The standard InChI is InChI=1S/C14H19FN2O2/c15-13-7-6-10(8-16-13)14(19)17-12-5-3-1-2-4-11(12)9-18/h6-8,11-12,18H,1-5,9H2,(H,17,19). The van der Waals surface area contributed by atoms with Gasteiger partial charge >= 0.3 is 0 Å². The van der Waals surface area contributed by atoms with Crippen LogP contribution in [-0.2, 0) is 0 Å². The first kappa shape index (κ1) is 13.9. The average molecular weight is 266 g/mol. The molecule has 0 aliphatic heterocycles. The van der Waals surface area contributed by atoms with Crippen molar-refractivity contribution in [2.24, 2.45) is 5.92 Å². The Morgan fingerprint density at radius 3 is 2.84 bits per heavy atom. The Morgan fingerprint density at radius 2 is 2.16 bits per heavy atom. The fraction of sp³-hybridized carbons (Fsp3) is 0.571. The molecule has 19 heavy (non-hydrogen) atoms. The van der Waals surface area contributed by atoms with E-state index < -0.39 is 5.95 Å². The number of aliphatic hydroxyl groups excluding tert-OH is 1. The summed E-state index contributed by atoms with van der Waals surface area (Å²) in [5.41, 5.74) is 0.349. The molecule has 1 aromatic heterocycles. The zero-order chi connectivity index (χ0) is 13.7. The van der Waals surface area contributed by atoms with Crippen molar-refractivity contribution < 1.29 is 14.3 Å². The highest BCUT2D eigenvalue weighted by Crippen LogP contribution is 2.23. The van der Waals surface area contributed by atoms with Gasteiger partial charge in [-0.2, -0.15) is 4.39 Å². The Labute approximate surface area is 112 Å². The monoisotopic (exact) mass is 266 g/mol. The number of aromatic nitrogens is 1. The molecule has 0 spiro atoms. The van der Waals surface area contributed by atoms with Crippen LogP contribution >= 0.6 is 0 Å². The van der Waals surface area contributed by atoms with Crippen LogP contribution in [0.25, 0.3) is 0 Å². The number of nitrogens with one attached hydrogen (secondary N) is 1. The molecule has 1 amide bonds. The van der Waals surface area contributed by atoms with Gasteiger partial charge in [-0.15, -0.1) is 0 Å². The zero-order valence-corrected chi connectivity index (χ0v) is 10.8. The van der Waals surface area contributed by atoms with Crippen LogP contribution < -0.4 is 5.32 Å². The molecule has 104 valence electrons. The lowest BCUT2D eigenvalue weighted by molar-refractivity contribution is 0.0899. The van der Waals surface area contributed by atoms with Crippen molar-refractivity contribution in [3.05, 3.63) is 29.8 Å². The molecule has 1 aliphatic carbocycles. The van der Waals surface area contributed by atoms with Crippen molar-refractivity contribution in [2.45, 2.75) is 38.1 Å². The number of carbonyl (C=O) groups is 1. The third kappa shape index (κ3) is 3.73. The van der Waals surface area contributed by atoms with Gasteiger partial charge in [-0.25, -0.2) is 4.98 Å². The maximum Gasteiger partial charge on any atom is 0.253 e. The minimum atomic E-state index is -0.598. The van der Waals surface area contributed by atoms with E-state index in [0.717, 1.165) is 32.1 Å². The van der Waals surface area contributed by atoms with Crippen LogP contribution in [0.1, 0.15) is 42.5 Å². The van der Waals surface area contributed by atoms with Crippen molar-refractivity contribution in [1.82, 2.24) is 10.3 Å². The van der Waals surface area contributed by atoms with E-state index in [2.05, 4.69) is 10.3 Å². The second kappa shape index (κ2) is 6.61. The Hall–Kier alpha value is -1.49. The summed E-state index contributed by atoms with van der Waals surface area (Å²) in [7, 11) is 0. The Bertz CT molecular complexity index is 422. The molecule has 1 aliphatic rings. The van der Waals surface area contributed by atoms with E-state index in [0.29, 0.717) is 5.56 Å². The Kier molecular flexibility index (Phi) is 4.85. The Balaban J connectivity index is 2.01. The minimum absolute atomic E-state index is 0.00921. The highest BCUT2D eigenvalue weighted by atomic mass is 19.1. The van der Waals surface area contributed by atoms with Crippen LogP contribution in [0.15, 0.2) is 18.3 Å². The van der Waals surface area contributed by atoms with Crippen LogP contribution in [0, 0.1) is 11.9 Å². The molecular weight excluding hydrogens is 247 g/mol. The molecule has 0 bridgehead atoms. The molecule has 2 N–H and O–H groups in total. The van der Waals surface area contributed by atoms with Crippen molar-refractivity contribution in [3.8, 4) is 0 Å². The second-order valence-corrected chi connectivity index (χ2v) is 5.03. The molecule has 2 atom stereocenters. The molecule has 2 rings (SSSR count). The Morgan fingerprint density at radius 1 is 1.37 bits per heavy atom. The van der Waals surface area contributed by atoms with Crippen molar-refractivity contribution in [2.75, 3.05) is 6.61 Å². The van der Waals surface area contributed by atoms with Crippen LogP contribution in [-0.4, -0.2) is 28.6 Å². The third-order valence-corrected chi connectivity index (χ3v) is 3.70. The van der Waals surface area contributed by atoms with Crippen LogP contribution in [0.3, 0.4) is 0 Å². The van der Waals surface area contributed by atoms with Crippen LogP contribution in [0.4, 0.5) is 4.39 Å². The van der Waals surface area contributed by atoms with Crippen molar-refractivity contribution in [3.63, 3.8) is 0 Å². The largest absolute Gasteiger partial charge is 0.396 e. The summed E-state index contributed by atoms with van der Waals surface area (Å²) in [5.74, 6) is -0.739. The van der Waals surface area contributed by atoms with Gasteiger partial charge in [0, 0.05) is 24.8 Å². The lowest BCUT2D eigenvalue weighted by atomic mass is 9.95. The smallest absolute Gasteiger partial charge is 0.253 e. The number of hydrogen-bond acceptors (Lipinski definition) is 3. The number of carbonyl (C=O) groups excluding carboxylic acids is 1. The van der Waals surface area contributed by atoms with Gasteiger partial charge in [0.2, 0.25) is 5.95 Å². The summed E-state index contributed by atoms with van der Waals surface area (Å²) in [6.45, 7) is 0.0899. The van der Waals surface area contributed by atoms with Gasteiger partial charge in [0.15, 0.2) is 0 Å². The highest BCUT2D eigenvalue weighted by Gasteiger charge is 2.24. The summed E-state index contributed by atoms with van der Waals surface area (Å²) < 4.78 is 12.7. The molecule has 0 radical (unpaired) electrons. The summed E-state index contributed by atoms with van der Waals surface area (Å²) in [4.78, 5) is 15.5. The SMILES string of the molecule is O=C(NC1CCCCCC1CO)c1ccc(F)nc1. The van der Waals surface area contributed by atoms with Gasteiger partial charge in [-0.1, -0.05) is 19.3 Å². The van der Waals surface area contributed by atoms with E-state index >= 15 is 0 Å². The molecular formula is C14H19FN2O2. The summed E-state index contributed by atoms with van der Waals surface area (Å²) in [6, 6.07) is 2.58. The van der Waals surface area contributed by atoms with Crippen molar-refractivity contribution in [1.29, 1.82) is 0 Å². The van der Waals surface area contributed by atoms with E-state index in [1.54, 1.807) is 0 Å². The molecule has 4 nitrogen and oxygen atoms in total. The lowest BCUT2D eigenvalue weighted by Gasteiger charge is -2.24. The number of halogens is 1. The number of rotatable bonds is 3. The van der Waals surface area contributed by atoms with E-state index in [1.165, 1.54) is 18.3 Å². The third-order valence-electron chi connectivity index (χ3n) is 3.70. The molecule has 2 unspecified atom stereocenters. The van der Waals surface area contributed by atoms with Gasteiger partial charge in [0.1, 0.15) is 0 Å². The molecule has 0 aromatic carbocycles. The molecule has 5 heteroatoms. The van der Waals surface area contributed by atoms with Gasteiger partial charge < -0.3 is 10.4 Å². The number of aliphatic hydroxyl groups is 1. The average Bonchev–Trinajstić information content (AvgIpc) is 2.64. The molecule has 0 saturated heterocycles. The normalized spacial score (nSPS) is 23.7. The number of amides is 1. The van der Waals surface area contributed by atoms with Gasteiger partial charge in [-0.3, -0.25) is 4.79 Å². The fourth-order valence-electron chi connectivity index (χ4n) is 2.55. The van der Waals surface area contributed by atoms with Gasteiger partial charge in [-0.05, 0) is 25.0 Å². The topological polar surface area (TPSA) is 62.2 Å². The fourth-order valence-corrected chi connectivity index (χ4v) is 2.55. The first-order valence-electron chi connectivity index (χ1n) is 6.74. The van der Waals surface area contributed by atoms with E-state index in [1.807, 2.05) is 0 Å². The first-order valence-corrected chi connectivity index (χ1v) is 6.74. The van der Waals surface area contributed by atoms with E-state index in [9.17, 15) is 14.3 Å². The number of hydrogen-bond donors (Lipinski definition) is 2. The van der Waals surface area contributed by atoms with Crippen LogP contribution in [0.5, 0.6) is 0 Å². The number of nitrogens with zero attached hydrogens (tertiary/aromatic N) is 1. The highest BCUT2D eigenvalue weighted by molar-refractivity contribution is 5.94. The number of pyridine rings is 1. The minimum Gasteiger partial charge on any atom is -0.396 e. The molecule has 1 saturated carbocycles. The lowest BCUT2D eigenvalue weighted by Crippen LogP contribution is -2.41. The molecule has 1 heterocycles. The quantitative estimate of drug-likeness (QED) is 0.648.